The molecule has 0 saturated carbocycles. The second kappa shape index (κ2) is 15.1. The number of rotatable bonds is 9. The van der Waals surface area contributed by atoms with E-state index in [0.717, 1.165) is 18.9 Å². The zero-order valence-corrected chi connectivity index (χ0v) is 11.3. The smallest absolute Gasteiger partial charge is 0.257 e. The fourth-order valence-corrected chi connectivity index (χ4v) is 1.30. The van der Waals surface area contributed by atoms with Gasteiger partial charge >= 0.3 is 0 Å². The minimum absolute atomic E-state index is 0.352. The first-order valence-corrected chi connectivity index (χ1v) is 6.83. The maximum absolute atomic E-state index is 9.95. The van der Waals surface area contributed by atoms with Crippen molar-refractivity contribution < 1.29 is 17.4 Å². The van der Waals surface area contributed by atoms with Crippen LogP contribution in [0.25, 0.3) is 0 Å². The third-order valence-electron chi connectivity index (χ3n) is 1.90. The summed E-state index contributed by atoms with van der Waals surface area (Å²) in [6.07, 6.45) is 7.93. The quantitative estimate of drug-likeness (QED) is 0.376. The molecule has 0 aliphatic heterocycles. The number of amides is 1. The Morgan fingerprint density at radius 3 is 2.12 bits per heavy atom. The predicted octanol–water partition coefficient (Wildman–Crippen LogP) is 1.55. The lowest BCUT2D eigenvalue weighted by Gasteiger charge is -1.98. The van der Waals surface area contributed by atoms with E-state index in [4.69, 9.17) is 0 Å². The van der Waals surface area contributed by atoms with E-state index in [0.29, 0.717) is 6.61 Å². The number of thiol groups is 1. The maximum Gasteiger partial charge on any atom is 0.257 e. The maximum atomic E-state index is 9.95. The summed E-state index contributed by atoms with van der Waals surface area (Å²) in [5, 5.41) is 0. The molecule has 0 aliphatic rings. The monoisotopic (exact) mass is 265 g/mol. The largest absolute Gasteiger partial charge is 0.366 e. The molecule has 0 fully saturated rings. The van der Waals surface area contributed by atoms with Crippen LogP contribution in [0.5, 0.6) is 0 Å². The summed E-state index contributed by atoms with van der Waals surface area (Å²) >= 11 is 0. The predicted molar refractivity (Wildman–Crippen MR) is 69.0 cm³/mol. The molecule has 0 bridgehead atoms. The second-order valence-corrected chi connectivity index (χ2v) is 4.14. The Morgan fingerprint density at radius 2 is 1.71 bits per heavy atom. The highest BCUT2D eigenvalue weighted by Gasteiger charge is 1.90. The Kier molecular flexibility index (Phi) is 16.4. The minimum atomic E-state index is -2.63. The summed E-state index contributed by atoms with van der Waals surface area (Å²) in [5.74, 6) is -0.481. The summed E-state index contributed by atoms with van der Waals surface area (Å²) in [6.45, 7) is 5.61. The summed E-state index contributed by atoms with van der Waals surface area (Å²) in [5.41, 5.74) is 4.53. The van der Waals surface area contributed by atoms with Crippen LogP contribution in [0.3, 0.4) is 0 Å². The molecular weight excluding hydrogens is 242 g/mol. The van der Waals surface area contributed by atoms with Gasteiger partial charge in [0.15, 0.2) is 0 Å². The van der Waals surface area contributed by atoms with Gasteiger partial charge in [-0.3, -0.25) is 8.98 Å². The van der Waals surface area contributed by atoms with Crippen molar-refractivity contribution in [1.29, 1.82) is 0 Å². The van der Waals surface area contributed by atoms with Gasteiger partial charge in [0.25, 0.3) is 11.0 Å². The molecule has 0 aliphatic carbocycles. The zero-order valence-electron chi connectivity index (χ0n) is 10.4. The van der Waals surface area contributed by atoms with Crippen molar-refractivity contribution in [2.45, 2.75) is 45.4 Å². The van der Waals surface area contributed by atoms with E-state index >= 15 is 0 Å². The molecule has 0 rings (SSSR count). The van der Waals surface area contributed by atoms with E-state index in [9.17, 15) is 13.2 Å². The van der Waals surface area contributed by atoms with Gasteiger partial charge in [0.2, 0.25) is 5.91 Å². The fourth-order valence-electron chi connectivity index (χ4n) is 1.02. The average Bonchev–Trinajstić information content (AvgIpc) is 2.28. The molecule has 1 amide bonds. The number of unbranched alkanes of at least 4 members (excludes halogenated alkanes) is 5. The summed E-state index contributed by atoms with van der Waals surface area (Å²) in [7, 11) is -2.63. The van der Waals surface area contributed by atoms with Crippen molar-refractivity contribution in [3.63, 3.8) is 0 Å². The highest BCUT2D eigenvalue weighted by molar-refractivity contribution is 7.67. The van der Waals surface area contributed by atoms with Gasteiger partial charge in [-0.2, -0.15) is 0 Å². The third kappa shape index (κ3) is 25.4. The molecule has 0 aromatic heterocycles. The molecule has 17 heavy (non-hydrogen) atoms. The molecule has 2 N–H and O–H groups in total. The van der Waals surface area contributed by atoms with Crippen LogP contribution in [0, 0.1) is 0 Å². The van der Waals surface area contributed by atoms with Crippen molar-refractivity contribution in [3.05, 3.63) is 12.7 Å². The Labute approximate surface area is 105 Å². The van der Waals surface area contributed by atoms with Crippen LogP contribution >= 0.6 is 0 Å². The van der Waals surface area contributed by atoms with Crippen LogP contribution in [-0.4, -0.2) is 20.9 Å². The fraction of sp³-hybridized carbons (Fsp3) is 0.727. The Bertz CT molecular complexity index is 256. The SMILES string of the molecule is C=CC(N)=O.CCCCCCCCO[SH](=O)=O. The van der Waals surface area contributed by atoms with Crippen molar-refractivity contribution in [1.82, 2.24) is 0 Å². The molecule has 0 heterocycles. The molecule has 0 aromatic carbocycles. The molecule has 0 saturated heterocycles. The Morgan fingerprint density at radius 1 is 1.24 bits per heavy atom. The van der Waals surface area contributed by atoms with Gasteiger partial charge in [-0.15, -0.1) is 0 Å². The van der Waals surface area contributed by atoms with E-state index in [-0.39, 0.29) is 0 Å². The molecule has 0 atom stereocenters. The summed E-state index contributed by atoms with van der Waals surface area (Å²) < 4.78 is 24.3. The first-order valence-electron chi connectivity index (χ1n) is 5.73. The summed E-state index contributed by atoms with van der Waals surface area (Å²) in [4.78, 5) is 9.47. The molecule has 0 aromatic rings. The van der Waals surface area contributed by atoms with Gasteiger partial charge in [0, 0.05) is 0 Å². The summed E-state index contributed by atoms with van der Waals surface area (Å²) in [6, 6.07) is 0. The molecule has 5 nitrogen and oxygen atoms in total. The van der Waals surface area contributed by atoms with Gasteiger partial charge in [0.05, 0.1) is 6.61 Å². The van der Waals surface area contributed by atoms with E-state index in [1.807, 2.05) is 0 Å². The van der Waals surface area contributed by atoms with E-state index < -0.39 is 16.9 Å². The van der Waals surface area contributed by atoms with E-state index in [2.05, 4.69) is 23.4 Å². The minimum Gasteiger partial charge on any atom is -0.366 e. The van der Waals surface area contributed by atoms with Crippen LogP contribution in [0.15, 0.2) is 12.7 Å². The van der Waals surface area contributed by atoms with Crippen LogP contribution in [0.4, 0.5) is 0 Å². The van der Waals surface area contributed by atoms with Crippen molar-refractivity contribution in [3.8, 4) is 0 Å². The van der Waals surface area contributed by atoms with E-state index in [1.165, 1.54) is 25.7 Å². The molecule has 102 valence electrons. The lowest BCUT2D eigenvalue weighted by Crippen LogP contribution is -2.04. The van der Waals surface area contributed by atoms with Gasteiger partial charge < -0.3 is 5.73 Å². The van der Waals surface area contributed by atoms with Crippen molar-refractivity contribution in [2.75, 3.05) is 6.61 Å². The van der Waals surface area contributed by atoms with Crippen LogP contribution < -0.4 is 5.73 Å². The lowest BCUT2D eigenvalue weighted by atomic mass is 10.1. The van der Waals surface area contributed by atoms with Crippen LogP contribution in [0.2, 0.25) is 0 Å². The number of carbonyl (C=O) groups is 1. The van der Waals surface area contributed by atoms with Gasteiger partial charge in [-0.1, -0.05) is 45.6 Å². The van der Waals surface area contributed by atoms with Gasteiger partial charge in [-0.05, 0) is 12.5 Å². The number of primary amides is 1. The topological polar surface area (TPSA) is 86.5 Å². The highest BCUT2D eigenvalue weighted by atomic mass is 32.2. The molecule has 0 unspecified atom stereocenters. The standard InChI is InChI=1S/C8H18O3S.C3H5NO/c1-2-3-4-5-6-7-8-11-12(9)10;1-2-3(4)5/h12H,2-8H2,1H3;2H,1H2,(H2,4,5). The lowest BCUT2D eigenvalue weighted by molar-refractivity contribution is -0.113. The molecule has 0 radical (unpaired) electrons. The second-order valence-electron chi connectivity index (χ2n) is 3.43. The number of nitrogens with two attached hydrogens (primary N) is 1. The molecular formula is C11H23NO4S. The van der Waals surface area contributed by atoms with Crippen LogP contribution in [0.1, 0.15) is 45.4 Å². The van der Waals surface area contributed by atoms with Crippen molar-refractivity contribution >= 4 is 16.9 Å². The normalized spacial score (nSPS) is 9.53. The molecule has 0 spiro atoms. The average molecular weight is 265 g/mol. The number of hydrogen-bond donors (Lipinski definition) is 2. The highest BCUT2D eigenvalue weighted by Crippen LogP contribution is 2.04. The van der Waals surface area contributed by atoms with Crippen molar-refractivity contribution in [2.24, 2.45) is 5.73 Å². The first kappa shape index (κ1) is 18.5. The van der Waals surface area contributed by atoms with Gasteiger partial charge in [0.1, 0.15) is 0 Å². The number of carbonyl (C=O) groups excluding carboxylic acids is 1. The molecule has 6 heteroatoms. The number of hydrogen-bond acceptors (Lipinski definition) is 4. The Hall–Kier alpha value is -0.880. The third-order valence-corrected chi connectivity index (χ3v) is 2.29. The van der Waals surface area contributed by atoms with Gasteiger partial charge in [-0.25, -0.2) is 8.42 Å². The Balaban J connectivity index is 0. The first-order chi connectivity index (χ1) is 8.04. The van der Waals surface area contributed by atoms with E-state index in [1.54, 1.807) is 0 Å². The zero-order chi connectivity index (χ0) is 13.5. The van der Waals surface area contributed by atoms with Crippen LogP contribution in [-0.2, 0) is 20.0 Å².